The Morgan fingerprint density at radius 1 is 1.08 bits per heavy atom. The molecule has 2 aliphatic heterocycles. The smallest absolute Gasteiger partial charge is 0.312 e. The van der Waals surface area contributed by atoms with Gasteiger partial charge in [-0.05, 0) is 86.5 Å². The molecule has 1 aromatic rings. The Hall–Kier alpha value is -1.78. The van der Waals surface area contributed by atoms with E-state index in [1.54, 1.807) is 45.9 Å². The molecular formula is C37H64FN3O9. The minimum absolute atomic E-state index is 0.0247. The summed E-state index contributed by atoms with van der Waals surface area (Å²) in [6.45, 7) is 13.5. The molecule has 0 spiro atoms. The zero-order valence-electron chi connectivity index (χ0n) is 31.6. The largest absolute Gasteiger partial charge is 0.459 e. The molecule has 0 aliphatic carbocycles. The number of rotatable bonds is 8. The van der Waals surface area contributed by atoms with Gasteiger partial charge in [-0.3, -0.25) is 4.79 Å². The molecule has 2 saturated heterocycles. The van der Waals surface area contributed by atoms with Crippen LogP contribution in [0.3, 0.4) is 0 Å². The number of nitrogens with one attached hydrogen (secondary N) is 2. The fourth-order valence-electron chi connectivity index (χ4n) is 7.76. The summed E-state index contributed by atoms with van der Waals surface area (Å²) < 4.78 is 33.2. The number of esters is 1. The molecule has 288 valence electrons. The number of ether oxygens (including phenoxy) is 3. The van der Waals surface area contributed by atoms with Gasteiger partial charge in [0.1, 0.15) is 29.7 Å². The van der Waals surface area contributed by atoms with E-state index in [4.69, 9.17) is 14.2 Å². The number of carbonyl (C=O) groups excluding carboxylic acids is 1. The predicted octanol–water partition coefficient (Wildman–Crippen LogP) is 1.93. The Kier molecular flexibility index (Phi) is 14.8. The maximum atomic E-state index is 14.6. The molecule has 2 aliphatic rings. The number of benzene rings is 1. The molecule has 1 aromatic carbocycles. The third-order valence-corrected chi connectivity index (χ3v) is 11.1. The monoisotopic (exact) mass is 713 g/mol. The van der Waals surface area contributed by atoms with Gasteiger partial charge in [-0.25, -0.2) is 4.39 Å². The van der Waals surface area contributed by atoms with Crippen LogP contribution in [0.1, 0.15) is 80.2 Å². The lowest BCUT2D eigenvalue weighted by Gasteiger charge is -2.49. The second-order valence-electron chi connectivity index (χ2n) is 15.7. The van der Waals surface area contributed by atoms with Crippen molar-refractivity contribution in [2.75, 3.05) is 27.2 Å². The molecule has 50 heavy (non-hydrogen) atoms. The normalized spacial score (nSPS) is 42.8. The molecule has 0 radical (unpaired) electrons. The maximum absolute atomic E-state index is 14.6. The lowest BCUT2D eigenvalue weighted by molar-refractivity contribution is -0.304. The zero-order valence-corrected chi connectivity index (χ0v) is 31.6. The van der Waals surface area contributed by atoms with Crippen molar-refractivity contribution >= 4 is 5.97 Å². The van der Waals surface area contributed by atoms with Crippen LogP contribution in [0, 0.1) is 23.6 Å². The van der Waals surface area contributed by atoms with Gasteiger partial charge in [0.05, 0.1) is 29.3 Å². The van der Waals surface area contributed by atoms with Gasteiger partial charge >= 0.3 is 5.97 Å². The van der Waals surface area contributed by atoms with E-state index in [9.17, 15) is 34.7 Å². The van der Waals surface area contributed by atoms with Gasteiger partial charge < -0.3 is 55.3 Å². The van der Waals surface area contributed by atoms with Crippen LogP contribution in [0.15, 0.2) is 24.3 Å². The molecule has 12 nitrogen and oxygen atoms in total. The second-order valence-corrected chi connectivity index (χ2v) is 15.7. The third-order valence-electron chi connectivity index (χ3n) is 11.1. The lowest BCUT2D eigenvalue weighted by atomic mass is 9.70. The van der Waals surface area contributed by atoms with Crippen LogP contribution in [-0.2, 0) is 25.5 Å². The van der Waals surface area contributed by atoms with Crippen molar-refractivity contribution in [3.8, 4) is 0 Å². The van der Waals surface area contributed by atoms with Gasteiger partial charge in [-0.1, -0.05) is 39.0 Å². The van der Waals surface area contributed by atoms with Crippen LogP contribution in [-0.4, -0.2) is 129 Å². The van der Waals surface area contributed by atoms with Gasteiger partial charge in [0.2, 0.25) is 0 Å². The lowest BCUT2D eigenvalue weighted by Crippen LogP contribution is -2.64. The van der Waals surface area contributed by atoms with Crippen molar-refractivity contribution in [3.05, 3.63) is 35.6 Å². The Morgan fingerprint density at radius 3 is 2.32 bits per heavy atom. The van der Waals surface area contributed by atoms with Crippen LogP contribution in [0.2, 0.25) is 0 Å². The van der Waals surface area contributed by atoms with E-state index >= 15 is 0 Å². The minimum Gasteiger partial charge on any atom is -0.459 e. The average molecular weight is 714 g/mol. The van der Waals surface area contributed by atoms with E-state index in [2.05, 4.69) is 10.6 Å². The van der Waals surface area contributed by atoms with Gasteiger partial charge in [0.15, 0.2) is 6.29 Å². The summed E-state index contributed by atoms with van der Waals surface area (Å²) in [6.07, 6.45) is -5.34. The van der Waals surface area contributed by atoms with E-state index in [0.29, 0.717) is 18.5 Å². The fraction of sp³-hybridized carbons (Fsp3) is 0.811. The van der Waals surface area contributed by atoms with Crippen LogP contribution >= 0.6 is 0 Å². The van der Waals surface area contributed by atoms with Crippen LogP contribution in [0.5, 0.6) is 0 Å². The summed E-state index contributed by atoms with van der Waals surface area (Å²) in [6, 6.07) is 5.29. The van der Waals surface area contributed by atoms with E-state index in [0.717, 1.165) is 0 Å². The highest BCUT2D eigenvalue weighted by atomic mass is 19.1. The molecule has 0 amide bonds. The number of hydrogen-bond donors (Lipinski definition) is 7. The number of hydrogen-bond acceptors (Lipinski definition) is 12. The number of nitrogens with zero attached hydrogens (tertiary/aromatic N) is 1. The third kappa shape index (κ3) is 9.80. The highest BCUT2D eigenvalue weighted by Crippen LogP contribution is 2.40. The zero-order chi connectivity index (χ0) is 37.8. The first-order valence-electron chi connectivity index (χ1n) is 18.1. The number of aliphatic hydroxyl groups excluding tert-OH is 2. The van der Waals surface area contributed by atoms with Crippen molar-refractivity contribution in [1.29, 1.82) is 0 Å². The first kappa shape index (κ1) is 42.6. The average Bonchev–Trinajstić information content (AvgIpc) is 3.04. The molecule has 1 unspecified atom stereocenters. The fourth-order valence-corrected chi connectivity index (χ4v) is 7.76. The Bertz CT molecular complexity index is 1240. The molecule has 7 N–H and O–H groups in total. The standard InChI is InChI=1S/C37H64FN3O9/c1-11-29-36(8,46)31(43)25(6)40-18-21(2)17-35(7,45)32(50-34-30(42)28(41(9)10)16-22(3)48-34)23(4)37(47,24(5)33(44)49-29)20-39-19-26-14-12-13-15-27(26)38/h12-15,21-25,28-32,34,39-40,42-43,45-47H,11,16-20H2,1-10H3/t21-,22-,23-,24?,25-,28+,29-,30-,31-,32-,34+,35+,36-,37-/m1/s1. The summed E-state index contributed by atoms with van der Waals surface area (Å²) in [5.74, 6) is -3.78. The van der Waals surface area contributed by atoms with Crippen molar-refractivity contribution in [3.63, 3.8) is 0 Å². The highest BCUT2D eigenvalue weighted by Gasteiger charge is 2.54. The Morgan fingerprint density at radius 2 is 1.72 bits per heavy atom. The maximum Gasteiger partial charge on any atom is 0.312 e. The number of aliphatic hydroxyl groups is 5. The summed E-state index contributed by atoms with van der Waals surface area (Å²) in [5.41, 5.74) is -5.15. The summed E-state index contributed by atoms with van der Waals surface area (Å²) in [7, 11) is 3.71. The Labute approximate surface area is 297 Å². The Balaban J connectivity index is 2.13. The van der Waals surface area contributed by atoms with Gasteiger partial charge in [0, 0.05) is 36.7 Å². The predicted molar refractivity (Wildman–Crippen MR) is 187 cm³/mol. The molecule has 0 aromatic heterocycles. The minimum atomic E-state index is -2.00. The first-order valence-corrected chi connectivity index (χ1v) is 18.1. The number of likely N-dealkylation sites (N-methyl/N-ethyl adjacent to an activating group) is 1. The van der Waals surface area contributed by atoms with Crippen molar-refractivity contribution < 1.29 is 48.9 Å². The SMILES string of the molecule is CC[C@H]1OC(=O)C(C)[C@@](O)(CNCc2ccccc2F)[C@H](C)[C@@H](O[C@@H]2O[C@H](C)C[C@H](N(C)C)[C@H]2O)[C@@](C)(O)C[C@@H](C)CN[C@H](C)[C@@H](O)[C@]1(C)O. The first-order chi connectivity index (χ1) is 23.2. The molecule has 2 heterocycles. The number of carbonyl (C=O) groups is 1. The second kappa shape index (κ2) is 17.4. The van der Waals surface area contributed by atoms with Crippen LogP contribution < -0.4 is 10.6 Å². The molecular weight excluding hydrogens is 649 g/mol. The molecule has 0 saturated carbocycles. The van der Waals surface area contributed by atoms with E-state index < -0.39 is 77.2 Å². The molecule has 13 heteroatoms. The van der Waals surface area contributed by atoms with Gasteiger partial charge in [-0.2, -0.15) is 0 Å². The van der Waals surface area contributed by atoms with E-state index in [1.807, 2.05) is 32.8 Å². The molecule has 3 rings (SSSR count). The number of cyclic esters (lactones) is 1. The molecule has 0 bridgehead atoms. The summed E-state index contributed by atoms with van der Waals surface area (Å²) >= 11 is 0. The van der Waals surface area contributed by atoms with Crippen LogP contribution in [0.4, 0.5) is 4.39 Å². The van der Waals surface area contributed by atoms with Gasteiger partial charge in [-0.15, -0.1) is 0 Å². The molecule has 2 fully saturated rings. The summed E-state index contributed by atoms with van der Waals surface area (Å²) in [5, 5.41) is 65.6. The van der Waals surface area contributed by atoms with Gasteiger partial charge in [0.25, 0.3) is 0 Å². The topological polar surface area (TPSA) is 173 Å². The number of halogens is 1. The quantitative estimate of drug-likeness (QED) is 0.196. The van der Waals surface area contributed by atoms with Crippen molar-refractivity contribution in [2.45, 2.75) is 147 Å². The van der Waals surface area contributed by atoms with E-state index in [1.165, 1.54) is 19.9 Å². The molecule has 14 atom stereocenters. The van der Waals surface area contributed by atoms with Crippen molar-refractivity contribution in [2.24, 2.45) is 17.8 Å². The van der Waals surface area contributed by atoms with E-state index in [-0.39, 0.29) is 44.0 Å². The van der Waals surface area contributed by atoms with Crippen LogP contribution in [0.25, 0.3) is 0 Å². The summed E-state index contributed by atoms with van der Waals surface area (Å²) in [4.78, 5) is 15.9. The van der Waals surface area contributed by atoms with Crippen molar-refractivity contribution in [1.82, 2.24) is 15.5 Å². The highest BCUT2D eigenvalue weighted by molar-refractivity contribution is 5.74.